The monoisotopic (exact) mass is 346 g/mol. The van der Waals surface area contributed by atoms with Crippen molar-refractivity contribution in [3.05, 3.63) is 56.7 Å². The summed E-state index contributed by atoms with van der Waals surface area (Å²) in [6, 6.07) is 3.02. The third-order valence-corrected chi connectivity index (χ3v) is 4.07. The molecule has 0 spiro atoms. The first kappa shape index (κ1) is 16.6. The molecule has 0 aliphatic heterocycles. The van der Waals surface area contributed by atoms with E-state index in [1.54, 1.807) is 0 Å². The minimum atomic E-state index is -0.897. The van der Waals surface area contributed by atoms with Gasteiger partial charge in [0.2, 0.25) is 0 Å². The second-order valence-electron chi connectivity index (χ2n) is 5.53. The fraction of sp³-hybridized carbons (Fsp3) is 0.250. The first-order valence-corrected chi connectivity index (χ1v) is 7.38. The molecule has 0 amide bonds. The number of nitrogens with one attached hydrogen (secondary N) is 1. The van der Waals surface area contributed by atoms with Crippen LogP contribution in [0.5, 0.6) is 5.75 Å². The van der Waals surface area contributed by atoms with Crippen LogP contribution in [0.4, 0.5) is 4.39 Å². The van der Waals surface area contributed by atoms with Crippen molar-refractivity contribution < 1.29 is 13.9 Å². The van der Waals surface area contributed by atoms with Crippen molar-refractivity contribution in [2.24, 2.45) is 7.05 Å². The average molecular weight is 346 g/mol. The van der Waals surface area contributed by atoms with Crippen molar-refractivity contribution in [1.82, 2.24) is 19.1 Å². The largest absolute Gasteiger partial charge is 0.497 e. The smallest absolute Gasteiger partial charge is 0.329 e. The fourth-order valence-electron chi connectivity index (χ4n) is 2.62. The number of benzene rings is 1. The third-order valence-electron chi connectivity index (χ3n) is 4.07. The summed E-state index contributed by atoms with van der Waals surface area (Å²) in [5.74, 6) is -0.962. The number of methoxy groups -OCH3 is 1. The topological polar surface area (TPSA) is 99.0 Å². The maximum atomic E-state index is 14.2. The van der Waals surface area contributed by atoms with Crippen LogP contribution < -0.4 is 16.0 Å². The summed E-state index contributed by atoms with van der Waals surface area (Å²) in [6.45, 7) is 1.53. The molecule has 130 valence electrons. The number of nitrogens with zero attached hydrogens (tertiary/aromatic N) is 3. The summed E-state index contributed by atoms with van der Waals surface area (Å²) in [6.07, 6.45) is 1.28. The van der Waals surface area contributed by atoms with E-state index < -0.39 is 28.9 Å². The number of imidazole rings is 1. The Bertz CT molecular complexity index is 1100. The molecule has 0 aliphatic rings. The van der Waals surface area contributed by atoms with Crippen LogP contribution in [-0.2, 0) is 7.05 Å². The van der Waals surface area contributed by atoms with Crippen LogP contribution in [0, 0.1) is 5.82 Å². The van der Waals surface area contributed by atoms with Gasteiger partial charge in [0.25, 0.3) is 5.56 Å². The van der Waals surface area contributed by atoms with E-state index in [1.807, 2.05) is 0 Å². The second kappa shape index (κ2) is 6.00. The van der Waals surface area contributed by atoms with Gasteiger partial charge >= 0.3 is 5.69 Å². The van der Waals surface area contributed by atoms with Crippen LogP contribution >= 0.6 is 0 Å². The van der Waals surface area contributed by atoms with E-state index in [0.717, 1.165) is 6.07 Å². The fourth-order valence-corrected chi connectivity index (χ4v) is 2.62. The van der Waals surface area contributed by atoms with E-state index >= 15 is 0 Å². The van der Waals surface area contributed by atoms with Gasteiger partial charge in [-0.2, -0.15) is 0 Å². The molecule has 2 aromatic heterocycles. The SMILES string of the molecule is COc1ccc(C(=O)C(C)n2cnc3c2c(=O)[nH]c(=O)n3C)c(F)c1. The van der Waals surface area contributed by atoms with Gasteiger partial charge in [0, 0.05) is 13.1 Å². The predicted molar refractivity (Wildman–Crippen MR) is 87.6 cm³/mol. The van der Waals surface area contributed by atoms with Gasteiger partial charge in [-0.3, -0.25) is 19.1 Å². The highest BCUT2D eigenvalue weighted by Gasteiger charge is 2.24. The lowest BCUT2D eigenvalue weighted by Gasteiger charge is -2.14. The highest BCUT2D eigenvalue weighted by molar-refractivity contribution is 5.99. The van der Waals surface area contributed by atoms with Crippen molar-refractivity contribution in [3.63, 3.8) is 0 Å². The number of aryl methyl sites for hydroxylation is 1. The summed E-state index contributed by atoms with van der Waals surface area (Å²) in [5, 5.41) is 0. The number of Topliss-reactive ketones (excluding diaryl/α,β-unsaturated/α-hetero) is 1. The number of carbonyl (C=O) groups is 1. The summed E-state index contributed by atoms with van der Waals surface area (Å²) in [7, 11) is 2.85. The number of fused-ring (bicyclic) bond motifs is 1. The molecule has 1 atom stereocenters. The first-order chi connectivity index (χ1) is 11.8. The molecule has 1 aromatic carbocycles. The molecule has 3 aromatic rings. The van der Waals surface area contributed by atoms with Crippen molar-refractivity contribution in [2.45, 2.75) is 13.0 Å². The molecule has 2 heterocycles. The Kier molecular flexibility index (Phi) is 3.99. The molecule has 0 aliphatic carbocycles. The van der Waals surface area contributed by atoms with Gasteiger partial charge in [0.05, 0.1) is 25.0 Å². The number of ether oxygens (including phenoxy) is 1. The molecule has 0 saturated carbocycles. The predicted octanol–water partition coefficient (Wildman–Crippen LogP) is 1.01. The minimum absolute atomic E-state index is 0.0665. The van der Waals surface area contributed by atoms with Crippen LogP contribution in [0.2, 0.25) is 0 Å². The van der Waals surface area contributed by atoms with Crippen molar-refractivity contribution in [1.29, 1.82) is 0 Å². The molecular weight excluding hydrogens is 331 g/mol. The molecule has 9 heteroatoms. The van der Waals surface area contributed by atoms with Gasteiger partial charge in [-0.05, 0) is 19.1 Å². The van der Waals surface area contributed by atoms with E-state index in [-0.39, 0.29) is 16.7 Å². The molecule has 0 fully saturated rings. The number of hydrogen-bond donors (Lipinski definition) is 1. The molecule has 3 rings (SSSR count). The van der Waals surface area contributed by atoms with Gasteiger partial charge < -0.3 is 9.30 Å². The summed E-state index contributed by atoms with van der Waals surface area (Å²) in [5.41, 5.74) is -1.19. The Morgan fingerprint density at radius 2 is 2.08 bits per heavy atom. The van der Waals surface area contributed by atoms with Gasteiger partial charge in [-0.1, -0.05) is 0 Å². The Labute approximate surface area is 140 Å². The van der Waals surface area contributed by atoms with E-state index in [2.05, 4.69) is 9.97 Å². The van der Waals surface area contributed by atoms with Gasteiger partial charge in [-0.25, -0.2) is 14.2 Å². The Morgan fingerprint density at radius 3 is 2.72 bits per heavy atom. The number of hydrogen-bond acceptors (Lipinski definition) is 5. The number of halogens is 1. The zero-order chi connectivity index (χ0) is 18.3. The lowest BCUT2D eigenvalue weighted by atomic mass is 10.0. The van der Waals surface area contributed by atoms with E-state index in [4.69, 9.17) is 4.74 Å². The molecule has 1 N–H and O–H groups in total. The van der Waals surface area contributed by atoms with Crippen LogP contribution in [0.1, 0.15) is 23.3 Å². The van der Waals surface area contributed by atoms with E-state index in [9.17, 15) is 18.8 Å². The summed E-state index contributed by atoms with van der Waals surface area (Å²) < 4.78 is 21.6. The molecule has 0 radical (unpaired) electrons. The molecule has 0 bridgehead atoms. The number of aromatic nitrogens is 4. The normalized spacial score (nSPS) is 12.3. The molecule has 0 saturated heterocycles. The van der Waals surface area contributed by atoms with Gasteiger partial charge in [-0.15, -0.1) is 0 Å². The van der Waals surface area contributed by atoms with E-state index in [1.165, 1.54) is 48.7 Å². The number of ketones is 1. The quantitative estimate of drug-likeness (QED) is 0.711. The zero-order valence-electron chi connectivity index (χ0n) is 13.7. The molecule has 25 heavy (non-hydrogen) atoms. The summed E-state index contributed by atoms with van der Waals surface area (Å²) >= 11 is 0. The Morgan fingerprint density at radius 1 is 1.36 bits per heavy atom. The van der Waals surface area contributed by atoms with Crippen molar-refractivity contribution in [3.8, 4) is 5.75 Å². The third kappa shape index (κ3) is 2.63. The molecule has 1 unspecified atom stereocenters. The Balaban J connectivity index is 2.10. The van der Waals surface area contributed by atoms with Crippen LogP contribution in [0.3, 0.4) is 0 Å². The molecule has 8 nitrogen and oxygen atoms in total. The maximum absolute atomic E-state index is 14.2. The number of H-pyrrole nitrogens is 1. The van der Waals surface area contributed by atoms with Gasteiger partial charge in [0.1, 0.15) is 11.6 Å². The van der Waals surface area contributed by atoms with E-state index in [0.29, 0.717) is 5.75 Å². The standard InChI is InChI=1S/C16H15FN4O4/c1-8(13(22)10-5-4-9(25-3)6-11(10)17)21-7-18-14-12(21)15(23)19-16(24)20(14)2/h4-8H,1-3H3,(H,19,23,24). The zero-order valence-corrected chi connectivity index (χ0v) is 13.7. The van der Waals surface area contributed by atoms with Crippen LogP contribution in [0.15, 0.2) is 34.1 Å². The van der Waals surface area contributed by atoms with Crippen molar-refractivity contribution in [2.75, 3.05) is 7.11 Å². The summed E-state index contributed by atoms with van der Waals surface area (Å²) in [4.78, 5) is 42.6. The minimum Gasteiger partial charge on any atom is -0.497 e. The van der Waals surface area contributed by atoms with Crippen LogP contribution in [0.25, 0.3) is 11.2 Å². The highest BCUT2D eigenvalue weighted by atomic mass is 19.1. The van der Waals surface area contributed by atoms with Crippen molar-refractivity contribution >= 4 is 16.9 Å². The highest BCUT2D eigenvalue weighted by Crippen LogP contribution is 2.22. The van der Waals surface area contributed by atoms with Gasteiger partial charge in [0.15, 0.2) is 16.9 Å². The second-order valence-corrected chi connectivity index (χ2v) is 5.53. The number of carbonyl (C=O) groups excluding carboxylic acids is 1. The lowest BCUT2D eigenvalue weighted by Crippen LogP contribution is -2.30. The number of aromatic amines is 1. The number of rotatable bonds is 4. The molecular formula is C16H15FN4O4. The van der Waals surface area contributed by atoms with Crippen LogP contribution in [-0.4, -0.2) is 32.0 Å². The maximum Gasteiger partial charge on any atom is 0.329 e. The first-order valence-electron chi connectivity index (χ1n) is 7.38. The average Bonchev–Trinajstić information content (AvgIpc) is 3.04. The Hall–Kier alpha value is -3.23. The lowest BCUT2D eigenvalue weighted by molar-refractivity contribution is 0.0932.